The lowest BCUT2D eigenvalue weighted by Gasteiger charge is -2.14. The standard InChI is InChI=1S/C13H15NS2/c1-10(11-7-8-16-9-11)14-12-3-5-13(15-2)6-4-12/h3-10,14H,1-2H3. The van der Waals surface area contributed by atoms with Crippen LogP contribution in [0.15, 0.2) is 46.0 Å². The van der Waals surface area contributed by atoms with Gasteiger partial charge in [-0.2, -0.15) is 11.3 Å². The molecule has 1 aromatic carbocycles. The maximum absolute atomic E-state index is 3.49. The summed E-state index contributed by atoms with van der Waals surface area (Å²) in [5.41, 5.74) is 2.52. The minimum absolute atomic E-state index is 0.367. The average molecular weight is 249 g/mol. The van der Waals surface area contributed by atoms with Gasteiger partial charge in [-0.25, -0.2) is 0 Å². The Morgan fingerprint density at radius 1 is 1.19 bits per heavy atom. The first-order chi connectivity index (χ1) is 7.79. The van der Waals surface area contributed by atoms with Crippen molar-refractivity contribution in [3.63, 3.8) is 0 Å². The summed E-state index contributed by atoms with van der Waals surface area (Å²) in [6, 6.07) is 11.1. The van der Waals surface area contributed by atoms with Crippen molar-refractivity contribution in [1.29, 1.82) is 0 Å². The topological polar surface area (TPSA) is 12.0 Å². The number of benzene rings is 1. The average Bonchev–Trinajstić information content (AvgIpc) is 2.83. The van der Waals surface area contributed by atoms with E-state index in [-0.39, 0.29) is 0 Å². The number of rotatable bonds is 4. The second-order valence-electron chi connectivity index (χ2n) is 3.65. The van der Waals surface area contributed by atoms with Crippen LogP contribution in [0.2, 0.25) is 0 Å². The maximum atomic E-state index is 3.49. The highest BCUT2D eigenvalue weighted by atomic mass is 32.2. The van der Waals surface area contributed by atoms with E-state index in [1.165, 1.54) is 16.1 Å². The summed E-state index contributed by atoms with van der Waals surface area (Å²) in [4.78, 5) is 1.30. The zero-order valence-electron chi connectivity index (χ0n) is 9.44. The molecule has 0 bridgehead atoms. The largest absolute Gasteiger partial charge is 0.378 e. The van der Waals surface area contributed by atoms with Crippen molar-refractivity contribution in [2.24, 2.45) is 0 Å². The van der Waals surface area contributed by atoms with E-state index < -0.39 is 0 Å². The van der Waals surface area contributed by atoms with Crippen LogP contribution < -0.4 is 5.32 Å². The van der Waals surface area contributed by atoms with Gasteiger partial charge in [-0.3, -0.25) is 0 Å². The summed E-state index contributed by atoms with van der Waals surface area (Å²) in [5.74, 6) is 0. The van der Waals surface area contributed by atoms with Gasteiger partial charge >= 0.3 is 0 Å². The number of hydrogen-bond acceptors (Lipinski definition) is 3. The Labute approximate surface area is 105 Å². The van der Waals surface area contributed by atoms with E-state index in [0.717, 1.165) is 0 Å². The van der Waals surface area contributed by atoms with Crippen molar-refractivity contribution in [3.05, 3.63) is 46.7 Å². The van der Waals surface area contributed by atoms with E-state index in [4.69, 9.17) is 0 Å². The van der Waals surface area contributed by atoms with Crippen LogP contribution in [0.1, 0.15) is 18.5 Å². The summed E-state index contributed by atoms with van der Waals surface area (Å²) >= 11 is 3.51. The summed E-state index contributed by atoms with van der Waals surface area (Å²) in [7, 11) is 0. The maximum Gasteiger partial charge on any atom is 0.0493 e. The molecule has 0 radical (unpaired) electrons. The lowest BCUT2D eigenvalue weighted by molar-refractivity contribution is 0.890. The molecule has 1 unspecified atom stereocenters. The molecule has 1 atom stereocenters. The number of thioether (sulfide) groups is 1. The van der Waals surface area contributed by atoms with Crippen LogP contribution >= 0.6 is 23.1 Å². The van der Waals surface area contributed by atoms with Crippen LogP contribution in [0.5, 0.6) is 0 Å². The van der Waals surface area contributed by atoms with Gasteiger partial charge in [0, 0.05) is 16.6 Å². The summed E-state index contributed by atoms with van der Waals surface area (Å²) in [5, 5.41) is 7.80. The Hall–Kier alpha value is -0.930. The fourth-order valence-electron chi connectivity index (χ4n) is 1.54. The fourth-order valence-corrected chi connectivity index (χ4v) is 2.70. The van der Waals surface area contributed by atoms with Crippen LogP contribution in [0.25, 0.3) is 0 Å². The van der Waals surface area contributed by atoms with Gasteiger partial charge in [-0.05, 0) is 59.8 Å². The molecule has 0 amide bonds. The normalized spacial score (nSPS) is 12.4. The zero-order valence-corrected chi connectivity index (χ0v) is 11.1. The minimum atomic E-state index is 0.367. The Morgan fingerprint density at radius 2 is 1.94 bits per heavy atom. The lowest BCUT2D eigenvalue weighted by Crippen LogP contribution is -2.04. The van der Waals surface area contributed by atoms with Gasteiger partial charge in [-0.1, -0.05) is 0 Å². The molecule has 0 spiro atoms. The SMILES string of the molecule is CSc1ccc(NC(C)c2ccsc2)cc1. The molecule has 1 aromatic heterocycles. The van der Waals surface area contributed by atoms with Gasteiger partial charge < -0.3 is 5.32 Å². The molecule has 0 aliphatic heterocycles. The van der Waals surface area contributed by atoms with Crippen LogP contribution in [0.4, 0.5) is 5.69 Å². The fraction of sp³-hybridized carbons (Fsp3) is 0.231. The number of hydrogen-bond donors (Lipinski definition) is 1. The quantitative estimate of drug-likeness (QED) is 0.792. The zero-order chi connectivity index (χ0) is 11.4. The van der Waals surface area contributed by atoms with Crippen molar-refractivity contribution >= 4 is 28.8 Å². The van der Waals surface area contributed by atoms with Gasteiger partial charge in [0.05, 0.1) is 0 Å². The first-order valence-corrected chi connectivity index (χ1v) is 7.39. The molecule has 16 heavy (non-hydrogen) atoms. The van der Waals surface area contributed by atoms with E-state index in [9.17, 15) is 0 Å². The summed E-state index contributed by atoms with van der Waals surface area (Å²) in [6.07, 6.45) is 2.09. The molecule has 3 heteroatoms. The highest BCUT2D eigenvalue weighted by Gasteiger charge is 2.04. The van der Waals surface area contributed by atoms with E-state index in [0.29, 0.717) is 6.04 Å². The summed E-state index contributed by atoms with van der Waals surface area (Å²) < 4.78 is 0. The molecule has 0 aliphatic carbocycles. The Kier molecular flexibility index (Phi) is 3.91. The molecule has 2 aromatic rings. The van der Waals surface area contributed by atoms with Crippen LogP contribution in [0.3, 0.4) is 0 Å². The van der Waals surface area contributed by atoms with Gasteiger partial charge in [0.2, 0.25) is 0 Å². The Bertz CT molecular complexity index is 420. The number of nitrogens with one attached hydrogen (secondary N) is 1. The van der Waals surface area contributed by atoms with Crippen molar-refractivity contribution in [3.8, 4) is 0 Å². The first-order valence-electron chi connectivity index (χ1n) is 5.22. The molecular formula is C13H15NS2. The van der Waals surface area contributed by atoms with E-state index in [2.05, 4.69) is 59.6 Å². The van der Waals surface area contributed by atoms with Crippen molar-refractivity contribution < 1.29 is 0 Å². The number of thiophene rings is 1. The third-order valence-electron chi connectivity index (χ3n) is 2.52. The molecule has 0 saturated carbocycles. The lowest BCUT2D eigenvalue weighted by atomic mass is 10.2. The minimum Gasteiger partial charge on any atom is -0.378 e. The smallest absolute Gasteiger partial charge is 0.0493 e. The molecule has 1 N–H and O–H groups in total. The molecule has 1 nitrogen and oxygen atoms in total. The van der Waals surface area contributed by atoms with Crippen LogP contribution in [-0.4, -0.2) is 6.26 Å². The second kappa shape index (κ2) is 5.41. The van der Waals surface area contributed by atoms with Gasteiger partial charge in [0.25, 0.3) is 0 Å². The van der Waals surface area contributed by atoms with E-state index in [1.807, 2.05) is 0 Å². The molecule has 84 valence electrons. The Balaban J connectivity index is 2.03. The van der Waals surface area contributed by atoms with E-state index in [1.54, 1.807) is 23.1 Å². The predicted octanol–water partition coefficient (Wildman–Crippen LogP) is 4.64. The number of anilines is 1. The van der Waals surface area contributed by atoms with Gasteiger partial charge in [-0.15, -0.1) is 11.8 Å². The van der Waals surface area contributed by atoms with Crippen LogP contribution in [-0.2, 0) is 0 Å². The molecular weight excluding hydrogens is 234 g/mol. The third kappa shape index (κ3) is 2.80. The molecule has 0 saturated heterocycles. The van der Waals surface area contributed by atoms with E-state index >= 15 is 0 Å². The highest BCUT2D eigenvalue weighted by Crippen LogP contribution is 2.23. The summed E-state index contributed by atoms with van der Waals surface area (Å²) in [6.45, 7) is 2.19. The first kappa shape index (κ1) is 11.6. The third-order valence-corrected chi connectivity index (χ3v) is 3.96. The molecule has 1 heterocycles. The highest BCUT2D eigenvalue weighted by molar-refractivity contribution is 7.98. The molecule has 0 aliphatic rings. The van der Waals surface area contributed by atoms with Gasteiger partial charge in [0.15, 0.2) is 0 Å². The van der Waals surface area contributed by atoms with Crippen molar-refractivity contribution in [1.82, 2.24) is 0 Å². The van der Waals surface area contributed by atoms with Gasteiger partial charge in [0.1, 0.15) is 0 Å². The second-order valence-corrected chi connectivity index (χ2v) is 5.31. The predicted molar refractivity (Wildman–Crippen MR) is 74.6 cm³/mol. The van der Waals surface area contributed by atoms with Crippen LogP contribution in [0, 0.1) is 0 Å². The van der Waals surface area contributed by atoms with Crippen molar-refractivity contribution in [2.75, 3.05) is 11.6 Å². The molecule has 0 fully saturated rings. The van der Waals surface area contributed by atoms with Crippen molar-refractivity contribution in [2.45, 2.75) is 17.9 Å². The Morgan fingerprint density at radius 3 is 2.50 bits per heavy atom. The monoisotopic (exact) mass is 249 g/mol. The molecule has 2 rings (SSSR count).